The molecule has 0 bridgehead atoms. The molecule has 0 fully saturated rings. The molecule has 0 aliphatic rings. The molecular formula is C16H17ClFNO. The number of anilines is 1. The average molecular weight is 294 g/mol. The molecule has 0 heterocycles. The maximum absolute atomic E-state index is 13.2. The Hall–Kier alpha value is -1.74. The van der Waals surface area contributed by atoms with Crippen molar-refractivity contribution >= 4 is 17.3 Å². The van der Waals surface area contributed by atoms with Crippen molar-refractivity contribution in [2.24, 2.45) is 0 Å². The highest BCUT2D eigenvalue weighted by molar-refractivity contribution is 6.30. The lowest BCUT2D eigenvalue weighted by Crippen LogP contribution is -2.16. The third kappa shape index (κ3) is 4.42. The van der Waals surface area contributed by atoms with Crippen LogP contribution in [0.1, 0.15) is 18.9 Å². The number of aromatic hydroxyl groups is 1. The predicted octanol–water partition coefficient (Wildman–Crippen LogP) is 4.62. The van der Waals surface area contributed by atoms with Gasteiger partial charge in [-0.2, -0.15) is 0 Å². The monoisotopic (exact) mass is 293 g/mol. The lowest BCUT2D eigenvalue weighted by molar-refractivity contribution is 0.475. The smallest absolute Gasteiger partial charge is 0.126 e. The number of rotatable bonds is 5. The van der Waals surface area contributed by atoms with Gasteiger partial charge in [-0.25, -0.2) is 4.39 Å². The van der Waals surface area contributed by atoms with E-state index in [0.29, 0.717) is 10.7 Å². The van der Waals surface area contributed by atoms with Crippen molar-refractivity contribution in [2.75, 3.05) is 5.32 Å². The van der Waals surface area contributed by atoms with Crippen molar-refractivity contribution in [3.63, 3.8) is 0 Å². The van der Waals surface area contributed by atoms with Crippen LogP contribution in [0, 0.1) is 5.82 Å². The van der Waals surface area contributed by atoms with E-state index in [0.717, 1.165) is 18.4 Å². The molecule has 0 saturated carbocycles. The maximum atomic E-state index is 13.2. The summed E-state index contributed by atoms with van der Waals surface area (Å²) in [4.78, 5) is 0. The Morgan fingerprint density at radius 2 is 1.90 bits per heavy atom. The maximum Gasteiger partial charge on any atom is 0.126 e. The molecule has 2 aromatic rings. The third-order valence-electron chi connectivity index (χ3n) is 3.08. The molecule has 106 valence electrons. The zero-order valence-corrected chi connectivity index (χ0v) is 12.0. The number of phenols is 1. The van der Waals surface area contributed by atoms with Gasteiger partial charge >= 0.3 is 0 Å². The van der Waals surface area contributed by atoms with E-state index in [1.807, 2.05) is 19.1 Å². The Labute approximate surface area is 123 Å². The van der Waals surface area contributed by atoms with Crippen LogP contribution in [-0.2, 0) is 6.42 Å². The lowest BCUT2D eigenvalue weighted by Gasteiger charge is -2.15. The summed E-state index contributed by atoms with van der Waals surface area (Å²) in [5.41, 5.74) is 1.85. The summed E-state index contributed by atoms with van der Waals surface area (Å²) < 4.78 is 13.2. The highest BCUT2D eigenvalue weighted by atomic mass is 35.5. The molecule has 2 aromatic carbocycles. The Balaban J connectivity index is 1.88. The first-order valence-electron chi connectivity index (χ1n) is 6.53. The Morgan fingerprint density at radius 1 is 1.20 bits per heavy atom. The van der Waals surface area contributed by atoms with Gasteiger partial charge in [0.25, 0.3) is 0 Å². The van der Waals surface area contributed by atoms with Crippen molar-refractivity contribution in [1.29, 1.82) is 0 Å². The van der Waals surface area contributed by atoms with Crippen LogP contribution >= 0.6 is 11.6 Å². The minimum Gasteiger partial charge on any atom is -0.508 e. The van der Waals surface area contributed by atoms with Crippen LogP contribution in [0.2, 0.25) is 5.02 Å². The molecule has 1 unspecified atom stereocenters. The van der Waals surface area contributed by atoms with Gasteiger partial charge in [0.2, 0.25) is 0 Å². The Kier molecular flexibility index (Phi) is 4.85. The molecule has 0 radical (unpaired) electrons. The van der Waals surface area contributed by atoms with E-state index in [1.54, 1.807) is 18.2 Å². The quantitative estimate of drug-likeness (QED) is 0.843. The van der Waals surface area contributed by atoms with Crippen LogP contribution in [-0.4, -0.2) is 11.1 Å². The van der Waals surface area contributed by atoms with Gasteiger partial charge in [-0.15, -0.1) is 0 Å². The normalized spacial score (nSPS) is 12.2. The SMILES string of the molecule is CC(CCc1ccc(O)cc1)Nc1cc(F)cc(Cl)c1. The molecular weight excluding hydrogens is 277 g/mol. The van der Waals surface area contributed by atoms with Crippen LogP contribution < -0.4 is 5.32 Å². The van der Waals surface area contributed by atoms with E-state index in [1.165, 1.54) is 12.1 Å². The number of halogens is 2. The van der Waals surface area contributed by atoms with Crippen molar-refractivity contribution in [2.45, 2.75) is 25.8 Å². The van der Waals surface area contributed by atoms with E-state index >= 15 is 0 Å². The van der Waals surface area contributed by atoms with Gasteiger partial charge in [-0.1, -0.05) is 23.7 Å². The number of hydrogen-bond acceptors (Lipinski definition) is 2. The van der Waals surface area contributed by atoms with Crippen LogP contribution in [0.15, 0.2) is 42.5 Å². The summed E-state index contributed by atoms with van der Waals surface area (Å²) in [6, 6.07) is 11.8. The van der Waals surface area contributed by atoms with Crippen molar-refractivity contribution < 1.29 is 9.50 Å². The highest BCUT2D eigenvalue weighted by Gasteiger charge is 2.05. The fraction of sp³-hybridized carbons (Fsp3) is 0.250. The van der Waals surface area contributed by atoms with Crippen LogP contribution in [0.3, 0.4) is 0 Å². The summed E-state index contributed by atoms with van der Waals surface area (Å²) in [6.45, 7) is 2.04. The second-order valence-electron chi connectivity index (χ2n) is 4.91. The Morgan fingerprint density at radius 3 is 2.55 bits per heavy atom. The lowest BCUT2D eigenvalue weighted by atomic mass is 10.1. The fourth-order valence-corrected chi connectivity index (χ4v) is 2.26. The summed E-state index contributed by atoms with van der Waals surface area (Å²) >= 11 is 5.82. The minimum absolute atomic E-state index is 0.196. The Bertz CT molecular complexity index is 551. The average Bonchev–Trinajstić information content (AvgIpc) is 2.37. The van der Waals surface area contributed by atoms with Gasteiger partial charge in [0.05, 0.1) is 0 Å². The molecule has 2 rings (SSSR count). The first kappa shape index (κ1) is 14.7. The van der Waals surface area contributed by atoms with Gasteiger partial charge in [-0.05, 0) is 55.7 Å². The number of nitrogens with one attached hydrogen (secondary N) is 1. The zero-order valence-electron chi connectivity index (χ0n) is 11.2. The van der Waals surface area contributed by atoms with Crippen LogP contribution in [0.25, 0.3) is 0 Å². The van der Waals surface area contributed by atoms with E-state index in [-0.39, 0.29) is 17.6 Å². The van der Waals surface area contributed by atoms with Crippen molar-refractivity contribution in [3.05, 3.63) is 58.9 Å². The minimum atomic E-state index is -0.342. The standard InChI is InChI=1S/C16H17ClFNO/c1-11(2-3-12-4-6-16(20)7-5-12)19-15-9-13(17)8-14(18)10-15/h4-11,19-20H,2-3H2,1H3. The molecule has 0 amide bonds. The van der Waals surface area contributed by atoms with Gasteiger partial charge in [0.15, 0.2) is 0 Å². The third-order valence-corrected chi connectivity index (χ3v) is 3.30. The molecule has 0 spiro atoms. The number of benzene rings is 2. The second kappa shape index (κ2) is 6.62. The van der Waals surface area contributed by atoms with E-state index < -0.39 is 0 Å². The molecule has 0 aliphatic carbocycles. The fourth-order valence-electron chi connectivity index (χ4n) is 2.04. The molecule has 2 nitrogen and oxygen atoms in total. The summed E-state index contributed by atoms with van der Waals surface area (Å²) in [7, 11) is 0. The number of phenolic OH excluding ortho intramolecular Hbond substituents is 1. The first-order chi connectivity index (χ1) is 9.52. The molecule has 4 heteroatoms. The predicted molar refractivity (Wildman–Crippen MR) is 80.9 cm³/mol. The van der Waals surface area contributed by atoms with Gasteiger partial charge in [0, 0.05) is 16.8 Å². The highest BCUT2D eigenvalue weighted by Crippen LogP contribution is 2.20. The summed E-state index contributed by atoms with van der Waals surface area (Å²) in [5.74, 6) is -0.0694. The van der Waals surface area contributed by atoms with E-state index in [2.05, 4.69) is 5.32 Å². The molecule has 1 atom stereocenters. The molecule has 2 N–H and O–H groups in total. The van der Waals surface area contributed by atoms with Crippen LogP contribution in [0.4, 0.5) is 10.1 Å². The number of hydrogen-bond donors (Lipinski definition) is 2. The van der Waals surface area contributed by atoms with E-state index in [4.69, 9.17) is 11.6 Å². The summed E-state index contributed by atoms with van der Waals surface area (Å²) in [5, 5.41) is 12.8. The second-order valence-corrected chi connectivity index (χ2v) is 5.35. The largest absolute Gasteiger partial charge is 0.508 e. The molecule has 0 saturated heterocycles. The van der Waals surface area contributed by atoms with Crippen molar-refractivity contribution in [3.8, 4) is 5.75 Å². The molecule has 20 heavy (non-hydrogen) atoms. The summed E-state index contributed by atoms with van der Waals surface area (Å²) in [6.07, 6.45) is 1.79. The zero-order chi connectivity index (χ0) is 14.5. The van der Waals surface area contributed by atoms with Gasteiger partial charge in [0.1, 0.15) is 11.6 Å². The topological polar surface area (TPSA) is 32.3 Å². The number of aryl methyl sites for hydroxylation is 1. The molecule has 0 aliphatic heterocycles. The van der Waals surface area contributed by atoms with E-state index in [9.17, 15) is 9.50 Å². The van der Waals surface area contributed by atoms with Gasteiger partial charge in [-0.3, -0.25) is 0 Å². The first-order valence-corrected chi connectivity index (χ1v) is 6.91. The van der Waals surface area contributed by atoms with Crippen LogP contribution in [0.5, 0.6) is 5.75 Å². The van der Waals surface area contributed by atoms with Crippen molar-refractivity contribution in [1.82, 2.24) is 0 Å². The molecule has 0 aromatic heterocycles. The van der Waals surface area contributed by atoms with Gasteiger partial charge < -0.3 is 10.4 Å².